The Morgan fingerprint density at radius 3 is 2.54 bits per heavy atom. The largest absolute Gasteiger partial charge is 0.496 e. The van der Waals surface area contributed by atoms with Gasteiger partial charge in [0.05, 0.1) is 23.5 Å². The Morgan fingerprint density at radius 1 is 1.09 bits per heavy atom. The Morgan fingerprint density at radius 2 is 1.80 bits per heavy atom. The molecule has 0 aliphatic carbocycles. The predicted molar refractivity (Wildman–Crippen MR) is 138 cm³/mol. The molecule has 1 aromatic heterocycles. The van der Waals surface area contributed by atoms with Crippen LogP contribution in [0.2, 0.25) is 5.02 Å². The number of rotatable bonds is 10. The molecule has 35 heavy (non-hydrogen) atoms. The fraction of sp³-hybridized carbons (Fsp3) is 0.125. The SMILES string of the molecule is COc1ccccc1/C=N/n1cnnc1SC(CNS(=O)(=O)c1ccc(Cl)cc1)c1ccccc1. The molecule has 11 heteroatoms. The van der Waals surface area contributed by atoms with Gasteiger partial charge in [0, 0.05) is 17.1 Å². The molecule has 1 atom stereocenters. The number of aromatic nitrogens is 3. The van der Waals surface area contributed by atoms with Crippen LogP contribution in [0.1, 0.15) is 16.4 Å². The summed E-state index contributed by atoms with van der Waals surface area (Å²) >= 11 is 7.25. The highest BCUT2D eigenvalue weighted by molar-refractivity contribution is 7.99. The molecule has 0 fully saturated rings. The number of ether oxygens (including phenoxy) is 1. The zero-order valence-corrected chi connectivity index (χ0v) is 21.0. The monoisotopic (exact) mass is 527 g/mol. The van der Waals surface area contributed by atoms with Crippen LogP contribution in [-0.2, 0) is 10.0 Å². The lowest BCUT2D eigenvalue weighted by molar-refractivity contribution is 0.414. The van der Waals surface area contributed by atoms with Crippen LogP contribution < -0.4 is 9.46 Å². The van der Waals surface area contributed by atoms with E-state index < -0.39 is 10.0 Å². The minimum atomic E-state index is -3.73. The zero-order chi connectivity index (χ0) is 24.7. The molecule has 1 unspecified atom stereocenters. The maximum absolute atomic E-state index is 12.8. The van der Waals surface area contributed by atoms with E-state index in [9.17, 15) is 8.42 Å². The first kappa shape index (κ1) is 24.9. The lowest BCUT2D eigenvalue weighted by atomic mass is 10.1. The maximum Gasteiger partial charge on any atom is 0.240 e. The number of halogens is 1. The highest BCUT2D eigenvalue weighted by Gasteiger charge is 2.21. The second kappa shape index (κ2) is 11.5. The van der Waals surface area contributed by atoms with Crippen LogP contribution in [0.15, 0.2) is 100 Å². The highest BCUT2D eigenvalue weighted by atomic mass is 35.5. The second-order valence-corrected chi connectivity index (χ2v) is 10.6. The first-order valence-electron chi connectivity index (χ1n) is 10.5. The molecule has 4 rings (SSSR count). The van der Waals surface area contributed by atoms with Gasteiger partial charge < -0.3 is 4.74 Å². The minimum Gasteiger partial charge on any atom is -0.496 e. The second-order valence-electron chi connectivity index (χ2n) is 7.27. The van der Waals surface area contributed by atoms with Gasteiger partial charge in [0.25, 0.3) is 0 Å². The summed E-state index contributed by atoms with van der Waals surface area (Å²) in [6, 6.07) is 23.1. The molecule has 4 aromatic rings. The van der Waals surface area contributed by atoms with Crippen molar-refractivity contribution in [2.75, 3.05) is 13.7 Å². The van der Waals surface area contributed by atoms with Crippen molar-refractivity contribution in [1.82, 2.24) is 19.6 Å². The molecule has 3 aromatic carbocycles. The summed E-state index contributed by atoms with van der Waals surface area (Å²) in [7, 11) is -2.13. The normalized spacial score (nSPS) is 12.6. The molecular weight excluding hydrogens is 506 g/mol. The molecule has 1 N–H and O–H groups in total. The van der Waals surface area contributed by atoms with Crippen molar-refractivity contribution in [2.24, 2.45) is 5.10 Å². The summed E-state index contributed by atoms with van der Waals surface area (Å²) in [5.74, 6) is 0.692. The third-order valence-corrected chi connectivity index (χ3v) is 7.86. The van der Waals surface area contributed by atoms with Crippen molar-refractivity contribution in [1.29, 1.82) is 0 Å². The first-order chi connectivity index (χ1) is 17.0. The van der Waals surface area contributed by atoms with Gasteiger partial charge in [-0.3, -0.25) is 0 Å². The van der Waals surface area contributed by atoms with Crippen molar-refractivity contribution < 1.29 is 13.2 Å². The van der Waals surface area contributed by atoms with E-state index in [1.54, 1.807) is 30.1 Å². The highest BCUT2D eigenvalue weighted by Crippen LogP contribution is 2.34. The van der Waals surface area contributed by atoms with Crippen molar-refractivity contribution in [3.05, 3.63) is 101 Å². The average molecular weight is 528 g/mol. The van der Waals surface area contributed by atoms with E-state index >= 15 is 0 Å². The predicted octanol–water partition coefficient (Wildman–Crippen LogP) is 4.63. The topological polar surface area (TPSA) is 98.5 Å². The molecule has 0 aliphatic heterocycles. The van der Waals surface area contributed by atoms with Gasteiger partial charge in [-0.15, -0.1) is 10.2 Å². The minimum absolute atomic E-state index is 0.128. The summed E-state index contributed by atoms with van der Waals surface area (Å²) in [5, 5.41) is 13.3. The van der Waals surface area contributed by atoms with Crippen LogP contribution in [0, 0.1) is 0 Å². The Kier molecular flexibility index (Phi) is 8.19. The molecule has 0 bridgehead atoms. The van der Waals surface area contributed by atoms with E-state index in [-0.39, 0.29) is 16.7 Å². The number of nitrogens with zero attached hydrogens (tertiary/aromatic N) is 4. The summed E-state index contributed by atoms with van der Waals surface area (Å²) in [6.07, 6.45) is 3.15. The van der Waals surface area contributed by atoms with E-state index in [0.29, 0.717) is 15.9 Å². The van der Waals surface area contributed by atoms with Gasteiger partial charge in [0.2, 0.25) is 15.2 Å². The molecule has 0 saturated heterocycles. The van der Waals surface area contributed by atoms with Gasteiger partial charge in [0.15, 0.2) is 0 Å². The van der Waals surface area contributed by atoms with Gasteiger partial charge in [-0.1, -0.05) is 65.8 Å². The number of benzene rings is 3. The number of sulfonamides is 1. The van der Waals surface area contributed by atoms with Crippen LogP contribution in [0.5, 0.6) is 5.75 Å². The Bertz CT molecular complexity index is 1390. The third-order valence-electron chi connectivity index (χ3n) is 4.96. The number of hydrogen-bond acceptors (Lipinski definition) is 7. The molecule has 8 nitrogen and oxygen atoms in total. The Balaban J connectivity index is 1.55. The Labute approximate surface area is 213 Å². The fourth-order valence-electron chi connectivity index (χ4n) is 3.18. The van der Waals surface area contributed by atoms with Crippen molar-refractivity contribution in [3.8, 4) is 5.75 Å². The lowest BCUT2D eigenvalue weighted by Gasteiger charge is -2.17. The molecule has 180 valence electrons. The van der Waals surface area contributed by atoms with Crippen molar-refractivity contribution in [2.45, 2.75) is 15.3 Å². The summed E-state index contributed by atoms with van der Waals surface area (Å²) in [4.78, 5) is 0.142. The number of methoxy groups -OCH3 is 1. The van der Waals surface area contributed by atoms with E-state index in [4.69, 9.17) is 16.3 Å². The van der Waals surface area contributed by atoms with Gasteiger partial charge in [-0.05, 0) is 42.0 Å². The fourth-order valence-corrected chi connectivity index (χ4v) is 5.47. The van der Waals surface area contributed by atoms with Crippen LogP contribution >= 0.6 is 23.4 Å². The van der Waals surface area contributed by atoms with Crippen LogP contribution in [0.4, 0.5) is 0 Å². The molecule has 0 spiro atoms. The van der Waals surface area contributed by atoms with Crippen molar-refractivity contribution in [3.63, 3.8) is 0 Å². The number of para-hydroxylation sites is 1. The van der Waals surface area contributed by atoms with Gasteiger partial charge in [0.1, 0.15) is 12.1 Å². The number of thioether (sulfide) groups is 1. The van der Waals surface area contributed by atoms with Gasteiger partial charge in [-0.25, -0.2) is 13.1 Å². The van der Waals surface area contributed by atoms with Crippen LogP contribution in [0.3, 0.4) is 0 Å². The molecule has 0 radical (unpaired) electrons. The molecule has 0 aliphatic rings. The first-order valence-corrected chi connectivity index (χ1v) is 13.2. The smallest absolute Gasteiger partial charge is 0.240 e. The van der Waals surface area contributed by atoms with E-state index in [0.717, 1.165) is 11.1 Å². The molecular formula is C24H22ClN5O3S2. The Hall–Kier alpha value is -3.18. The van der Waals surface area contributed by atoms with E-state index in [1.807, 2.05) is 54.6 Å². The van der Waals surface area contributed by atoms with E-state index in [1.165, 1.54) is 30.2 Å². The lowest BCUT2D eigenvalue weighted by Crippen LogP contribution is -2.27. The number of hydrogen-bond donors (Lipinski definition) is 1. The summed E-state index contributed by atoms with van der Waals surface area (Å²) < 4.78 is 35.3. The average Bonchev–Trinajstić information content (AvgIpc) is 3.33. The number of nitrogens with one attached hydrogen (secondary N) is 1. The van der Waals surface area contributed by atoms with Gasteiger partial charge >= 0.3 is 0 Å². The summed E-state index contributed by atoms with van der Waals surface area (Å²) in [6.45, 7) is 0.128. The van der Waals surface area contributed by atoms with Crippen LogP contribution in [0.25, 0.3) is 0 Å². The standard InChI is InChI=1S/C24H22ClN5O3S2/c1-33-22-10-6-5-9-19(22)15-27-30-17-26-29-24(30)34-23(18-7-3-2-4-8-18)16-28-35(31,32)21-13-11-20(25)12-14-21/h2-15,17,23,28H,16H2,1H3/b27-15+. The third kappa shape index (κ3) is 6.49. The van der Waals surface area contributed by atoms with Crippen molar-refractivity contribution >= 4 is 39.6 Å². The quantitative estimate of drug-likeness (QED) is 0.238. The zero-order valence-electron chi connectivity index (χ0n) is 18.7. The maximum atomic E-state index is 12.8. The summed E-state index contributed by atoms with van der Waals surface area (Å²) in [5.41, 5.74) is 1.73. The van der Waals surface area contributed by atoms with E-state index in [2.05, 4.69) is 20.0 Å². The van der Waals surface area contributed by atoms with Gasteiger partial charge in [-0.2, -0.15) is 9.78 Å². The van der Waals surface area contributed by atoms with Crippen LogP contribution in [-0.4, -0.2) is 43.2 Å². The molecule has 1 heterocycles. The molecule has 0 amide bonds. The molecule has 0 saturated carbocycles.